The first kappa shape index (κ1) is 11.9. The number of nitrogens with one attached hydrogen (secondary N) is 1. The van der Waals surface area contributed by atoms with Gasteiger partial charge in [0.25, 0.3) is 0 Å². The Kier molecular flexibility index (Phi) is 3.04. The minimum Gasteiger partial charge on any atom is -0.362 e. The van der Waals surface area contributed by atoms with Gasteiger partial charge in [-0.05, 0) is 19.1 Å². The number of hydrogen-bond acceptors (Lipinski definition) is 5. The number of pyridine rings is 1. The number of fused-ring (bicyclic) bond motifs is 1. The van der Waals surface area contributed by atoms with Crippen LogP contribution in [0.5, 0.6) is 0 Å². The van der Waals surface area contributed by atoms with E-state index >= 15 is 0 Å². The van der Waals surface area contributed by atoms with Crippen LogP contribution in [-0.2, 0) is 6.54 Å². The molecule has 19 heavy (non-hydrogen) atoms. The summed E-state index contributed by atoms with van der Waals surface area (Å²) < 4.78 is 2.99. The molecule has 0 saturated heterocycles. The highest BCUT2D eigenvalue weighted by atomic mass is 32.1. The highest BCUT2D eigenvalue weighted by molar-refractivity contribution is 7.15. The molecule has 0 radical (unpaired) electrons. The largest absolute Gasteiger partial charge is 0.362 e. The lowest BCUT2D eigenvalue weighted by Crippen LogP contribution is -2.21. The number of anilines is 1. The summed E-state index contributed by atoms with van der Waals surface area (Å²) >= 11 is 1.54. The molecule has 0 spiro atoms. The minimum atomic E-state index is -0.131. The predicted molar refractivity (Wildman–Crippen MR) is 74.8 cm³/mol. The van der Waals surface area contributed by atoms with Crippen molar-refractivity contribution in [3.63, 3.8) is 0 Å². The van der Waals surface area contributed by atoms with Crippen LogP contribution in [0.25, 0.3) is 5.65 Å². The van der Waals surface area contributed by atoms with E-state index in [2.05, 4.69) is 15.4 Å². The predicted octanol–water partition coefficient (Wildman–Crippen LogP) is 1.43. The van der Waals surface area contributed by atoms with E-state index in [1.165, 1.54) is 20.4 Å². The average Bonchev–Trinajstić information content (AvgIpc) is 2.97. The summed E-state index contributed by atoms with van der Waals surface area (Å²) in [6.45, 7) is 3.30. The molecule has 0 bridgehead atoms. The van der Waals surface area contributed by atoms with Gasteiger partial charge in [-0.2, -0.15) is 0 Å². The van der Waals surface area contributed by atoms with Crippen molar-refractivity contribution in [2.75, 3.05) is 11.9 Å². The van der Waals surface area contributed by atoms with Gasteiger partial charge in [-0.25, -0.2) is 14.5 Å². The van der Waals surface area contributed by atoms with Gasteiger partial charge >= 0.3 is 5.69 Å². The minimum absolute atomic E-state index is 0.131. The topological polar surface area (TPSA) is 64.2 Å². The van der Waals surface area contributed by atoms with E-state index in [1.807, 2.05) is 25.1 Å². The van der Waals surface area contributed by atoms with Gasteiger partial charge in [0.2, 0.25) is 0 Å². The number of aromatic nitrogens is 4. The van der Waals surface area contributed by atoms with Crippen molar-refractivity contribution in [3.8, 4) is 0 Å². The van der Waals surface area contributed by atoms with Crippen LogP contribution in [0.3, 0.4) is 0 Å². The van der Waals surface area contributed by atoms with Crippen LogP contribution in [0.4, 0.5) is 5.13 Å². The number of nitrogens with zero attached hydrogens (tertiary/aromatic N) is 4. The lowest BCUT2D eigenvalue weighted by atomic mass is 10.5. The Hall–Kier alpha value is -2.15. The molecule has 3 rings (SSSR count). The Morgan fingerprint density at radius 2 is 2.32 bits per heavy atom. The van der Waals surface area contributed by atoms with Crippen molar-refractivity contribution in [2.24, 2.45) is 0 Å². The monoisotopic (exact) mass is 275 g/mol. The summed E-state index contributed by atoms with van der Waals surface area (Å²) in [7, 11) is 0. The molecule has 3 heterocycles. The fourth-order valence-electron chi connectivity index (χ4n) is 1.83. The second-order valence-electron chi connectivity index (χ2n) is 4.03. The quantitative estimate of drug-likeness (QED) is 0.782. The lowest BCUT2D eigenvalue weighted by molar-refractivity contribution is 0.665. The lowest BCUT2D eigenvalue weighted by Gasteiger charge is -1.95. The molecule has 7 heteroatoms. The molecular formula is C12H13N5OS. The summed E-state index contributed by atoms with van der Waals surface area (Å²) in [6, 6.07) is 5.49. The molecule has 3 aromatic rings. The van der Waals surface area contributed by atoms with E-state index in [4.69, 9.17) is 0 Å². The van der Waals surface area contributed by atoms with Gasteiger partial charge in [0.1, 0.15) is 0 Å². The summed E-state index contributed by atoms with van der Waals surface area (Å²) in [5.74, 6) is 0. The summed E-state index contributed by atoms with van der Waals surface area (Å²) in [5, 5.41) is 8.31. The first-order valence-electron chi connectivity index (χ1n) is 6.00. The van der Waals surface area contributed by atoms with E-state index in [1.54, 1.807) is 12.4 Å². The van der Waals surface area contributed by atoms with Crippen LogP contribution in [0, 0.1) is 0 Å². The molecule has 0 aromatic carbocycles. The Bertz CT molecular complexity index is 757. The average molecular weight is 275 g/mol. The van der Waals surface area contributed by atoms with E-state index in [0.717, 1.165) is 16.6 Å². The Labute approximate surface area is 113 Å². The fraction of sp³-hybridized carbons (Fsp3) is 0.250. The highest BCUT2D eigenvalue weighted by Crippen LogP contribution is 2.18. The second kappa shape index (κ2) is 4.85. The zero-order chi connectivity index (χ0) is 13.2. The fourth-order valence-corrected chi connectivity index (χ4v) is 2.69. The smallest absolute Gasteiger partial charge is 0.350 e. The number of rotatable bonds is 4. The van der Waals surface area contributed by atoms with Crippen molar-refractivity contribution in [3.05, 3.63) is 46.0 Å². The Morgan fingerprint density at radius 3 is 3.11 bits per heavy atom. The molecule has 1 N–H and O–H groups in total. The second-order valence-corrected chi connectivity index (χ2v) is 5.15. The van der Waals surface area contributed by atoms with Crippen molar-refractivity contribution in [1.29, 1.82) is 0 Å². The maximum absolute atomic E-state index is 12.1. The first-order chi connectivity index (χ1) is 9.28. The third-order valence-electron chi connectivity index (χ3n) is 2.68. The first-order valence-corrected chi connectivity index (χ1v) is 6.82. The zero-order valence-electron chi connectivity index (χ0n) is 10.4. The summed E-state index contributed by atoms with van der Waals surface area (Å²) in [4.78, 5) is 17.3. The molecule has 98 valence electrons. The van der Waals surface area contributed by atoms with Crippen LogP contribution in [-0.4, -0.2) is 25.7 Å². The molecule has 0 aliphatic carbocycles. The van der Waals surface area contributed by atoms with Gasteiger partial charge in [-0.1, -0.05) is 6.07 Å². The highest BCUT2D eigenvalue weighted by Gasteiger charge is 2.08. The Balaban J connectivity index is 1.92. The van der Waals surface area contributed by atoms with Gasteiger partial charge in [-0.15, -0.1) is 16.4 Å². The SMILES string of the molecule is CCNc1ncc(Cn2nc3ccccn3c2=O)s1. The van der Waals surface area contributed by atoms with Gasteiger partial charge in [0.15, 0.2) is 10.8 Å². The maximum Gasteiger partial charge on any atom is 0.350 e. The molecule has 0 unspecified atom stereocenters. The maximum atomic E-state index is 12.1. The van der Waals surface area contributed by atoms with Crippen LogP contribution in [0.15, 0.2) is 35.4 Å². The van der Waals surface area contributed by atoms with Gasteiger partial charge in [0.05, 0.1) is 6.54 Å². The Morgan fingerprint density at radius 1 is 1.42 bits per heavy atom. The van der Waals surface area contributed by atoms with E-state index < -0.39 is 0 Å². The van der Waals surface area contributed by atoms with Gasteiger partial charge < -0.3 is 5.32 Å². The van der Waals surface area contributed by atoms with E-state index in [-0.39, 0.29) is 5.69 Å². The van der Waals surface area contributed by atoms with Crippen LogP contribution >= 0.6 is 11.3 Å². The summed E-state index contributed by atoms with van der Waals surface area (Å²) in [6.07, 6.45) is 3.50. The summed E-state index contributed by atoms with van der Waals surface area (Å²) in [5.41, 5.74) is 0.526. The molecule has 0 saturated carbocycles. The molecule has 0 atom stereocenters. The standard InChI is InChI=1S/C12H13N5OS/c1-2-13-11-14-7-9(19-11)8-17-12(18)16-6-4-3-5-10(16)15-17/h3-7H,2,8H2,1H3,(H,13,14). The van der Waals surface area contributed by atoms with Crippen molar-refractivity contribution < 1.29 is 0 Å². The van der Waals surface area contributed by atoms with E-state index in [9.17, 15) is 4.79 Å². The van der Waals surface area contributed by atoms with Gasteiger partial charge in [-0.3, -0.25) is 4.40 Å². The molecular weight excluding hydrogens is 262 g/mol. The molecule has 6 nitrogen and oxygen atoms in total. The normalized spacial score (nSPS) is 11.0. The number of hydrogen-bond donors (Lipinski definition) is 1. The molecule has 0 aliphatic rings. The molecule has 3 aromatic heterocycles. The third kappa shape index (κ3) is 2.24. The molecule has 0 aliphatic heterocycles. The van der Waals surface area contributed by atoms with E-state index in [0.29, 0.717) is 12.2 Å². The van der Waals surface area contributed by atoms with Gasteiger partial charge in [0, 0.05) is 23.8 Å². The molecule has 0 amide bonds. The van der Waals surface area contributed by atoms with Crippen LogP contribution in [0.2, 0.25) is 0 Å². The van der Waals surface area contributed by atoms with Crippen LogP contribution in [0.1, 0.15) is 11.8 Å². The third-order valence-corrected chi connectivity index (χ3v) is 3.62. The van der Waals surface area contributed by atoms with Crippen molar-refractivity contribution in [2.45, 2.75) is 13.5 Å². The zero-order valence-corrected chi connectivity index (χ0v) is 11.2. The van der Waals surface area contributed by atoms with Crippen molar-refractivity contribution in [1.82, 2.24) is 19.2 Å². The number of thiazole rings is 1. The molecule has 0 fully saturated rings. The van der Waals surface area contributed by atoms with Crippen molar-refractivity contribution >= 4 is 22.1 Å². The van der Waals surface area contributed by atoms with Crippen LogP contribution < -0.4 is 11.0 Å².